The molecule has 2 rings (SSSR count). The van der Waals surface area contributed by atoms with Crippen molar-refractivity contribution in [3.8, 4) is 0 Å². The number of sulfonamides is 1. The largest absolute Gasteiger partial charge is 0.240 e. The second kappa shape index (κ2) is 7.41. The van der Waals surface area contributed by atoms with Crippen LogP contribution < -0.4 is 4.72 Å². The molecule has 0 radical (unpaired) electrons. The quantitative estimate of drug-likeness (QED) is 0.829. The van der Waals surface area contributed by atoms with Crippen molar-refractivity contribution in [1.82, 2.24) is 4.72 Å². The molecule has 0 amide bonds. The van der Waals surface area contributed by atoms with Gasteiger partial charge in [0.1, 0.15) is 0 Å². The zero-order valence-corrected chi connectivity index (χ0v) is 14.0. The Kier molecular flexibility index (Phi) is 5.82. The van der Waals surface area contributed by atoms with Gasteiger partial charge in [0.25, 0.3) is 0 Å². The van der Waals surface area contributed by atoms with E-state index in [0.29, 0.717) is 10.8 Å². The maximum absolute atomic E-state index is 12.5. The Morgan fingerprint density at radius 3 is 2.19 bits per heavy atom. The molecule has 3 nitrogen and oxygen atoms in total. The first kappa shape index (κ1) is 16.5. The third-order valence-corrected chi connectivity index (χ3v) is 6.09. The van der Waals surface area contributed by atoms with Gasteiger partial charge in [-0.25, -0.2) is 13.1 Å². The van der Waals surface area contributed by atoms with Gasteiger partial charge in [0.2, 0.25) is 10.0 Å². The summed E-state index contributed by atoms with van der Waals surface area (Å²) < 4.78 is 27.8. The minimum atomic E-state index is -3.38. The molecule has 1 aromatic carbocycles. The maximum Gasteiger partial charge on any atom is 0.240 e. The molecule has 0 bridgehead atoms. The minimum absolute atomic E-state index is 0.103. The molecule has 1 aliphatic carbocycles. The van der Waals surface area contributed by atoms with Crippen LogP contribution in [0.3, 0.4) is 0 Å². The van der Waals surface area contributed by atoms with Crippen molar-refractivity contribution in [3.05, 3.63) is 29.8 Å². The molecule has 0 aromatic heterocycles. The van der Waals surface area contributed by atoms with Crippen LogP contribution in [0.15, 0.2) is 29.2 Å². The van der Waals surface area contributed by atoms with E-state index < -0.39 is 10.0 Å². The highest BCUT2D eigenvalue weighted by atomic mass is 32.2. The summed E-state index contributed by atoms with van der Waals surface area (Å²) in [7, 11) is -3.38. The van der Waals surface area contributed by atoms with Crippen LogP contribution in [-0.2, 0) is 10.0 Å². The predicted octanol–water partition coefficient (Wildman–Crippen LogP) is 4.20. The van der Waals surface area contributed by atoms with Crippen LogP contribution in [0.5, 0.6) is 0 Å². The van der Waals surface area contributed by atoms with Crippen molar-refractivity contribution in [2.24, 2.45) is 0 Å². The van der Waals surface area contributed by atoms with E-state index in [4.69, 9.17) is 0 Å². The number of benzene rings is 1. The molecule has 0 aliphatic heterocycles. The third-order valence-electron chi connectivity index (χ3n) is 4.55. The Morgan fingerprint density at radius 1 is 1.10 bits per heavy atom. The van der Waals surface area contributed by atoms with Gasteiger partial charge in [-0.15, -0.1) is 0 Å². The molecule has 1 aliphatic rings. The van der Waals surface area contributed by atoms with E-state index in [9.17, 15) is 8.42 Å². The standard InChI is InChI=1S/C17H27NO2S/c1-3-14(2)15-10-12-17(13-11-15)21(19,20)18-16-8-6-4-5-7-9-16/h10-14,16,18H,3-9H2,1-2H3. The van der Waals surface area contributed by atoms with Gasteiger partial charge in [-0.05, 0) is 42.9 Å². The molecule has 1 saturated carbocycles. The number of rotatable bonds is 5. The van der Waals surface area contributed by atoms with E-state index in [1.165, 1.54) is 18.4 Å². The van der Waals surface area contributed by atoms with Gasteiger partial charge in [-0.2, -0.15) is 0 Å². The Balaban J connectivity index is 2.08. The van der Waals surface area contributed by atoms with Crippen LogP contribution in [0.1, 0.15) is 70.3 Å². The Hall–Kier alpha value is -0.870. The van der Waals surface area contributed by atoms with Gasteiger partial charge in [0, 0.05) is 6.04 Å². The summed E-state index contributed by atoms with van der Waals surface area (Å²) in [6.45, 7) is 4.30. The van der Waals surface area contributed by atoms with Crippen LogP contribution in [0.2, 0.25) is 0 Å². The lowest BCUT2D eigenvalue weighted by Gasteiger charge is -2.17. The molecule has 0 saturated heterocycles. The van der Waals surface area contributed by atoms with Gasteiger partial charge in [-0.3, -0.25) is 0 Å². The van der Waals surface area contributed by atoms with Crippen molar-refractivity contribution < 1.29 is 8.42 Å². The number of nitrogens with one attached hydrogen (secondary N) is 1. The SMILES string of the molecule is CCC(C)c1ccc(S(=O)(=O)NC2CCCCCC2)cc1. The molecule has 0 spiro atoms. The molecule has 1 aromatic rings. The van der Waals surface area contributed by atoms with Gasteiger partial charge in [-0.1, -0.05) is 51.7 Å². The molecule has 4 heteroatoms. The fourth-order valence-corrected chi connectivity index (χ4v) is 4.20. The predicted molar refractivity (Wildman–Crippen MR) is 87.0 cm³/mol. The zero-order chi connectivity index (χ0) is 15.3. The molecule has 1 fully saturated rings. The molecular weight excluding hydrogens is 282 g/mol. The van der Waals surface area contributed by atoms with Crippen LogP contribution in [0.4, 0.5) is 0 Å². The summed E-state index contributed by atoms with van der Waals surface area (Å²) in [5, 5.41) is 0. The van der Waals surface area contributed by atoms with Crippen molar-refractivity contribution in [3.63, 3.8) is 0 Å². The summed E-state index contributed by atoms with van der Waals surface area (Å²) in [6.07, 6.45) is 7.69. The van der Waals surface area contributed by atoms with Crippen LogP contribution >= 0.6 is 0 Å². The highest BCUT2D eigenvalue weighted by Crippen LogP contribution is 2.22. The summed E-state index contributed by atoms with van der Waals surface area (Å²) in [5.74, 6) is 0.469. The van der Waals surface area contributed by atoms with E-state index in [-0.39, 0.29) is 6.04 Å². The van der Waals surface area contributed by atoms with E-state index in [1.54, 1.807) is 12.1 Å². The Labute approximate surface area is 129 Å². The van der Waals surface area contributed by atoms with E-state index >= 15 is 0 Å². The summed E-state index contributed by atoms with van der Waals surface area (Å²) in [5.41, 5.74) is 1.20. The topological polar surface area (TPSA) is 46.2 Å². The fourth-order valence-electron chi connectivity index (χ4n) is 2.90. The third kappa shape index (κ3) is 4.55. The molecule has 1 N–H and O–H groups in total. The van der Waals surface area contributed by atoms with E-state index in [0.717, 1.165) is 32.1 Å². The normalized spacial score (nSPS) is 19.1. The second-order valence-corrected chi connectivity index (χ2v) is 7.90. The lowest BCUT2D eigenvalue weighted by molar-refractivity contribution is 0.510. The molecule has 1 unspecified atom stereocenters. The zero-order valence-electron chi connectivity index (χ0n) is 13.1. The fraction of sp³-hybridized carbons (Fsp3) is 0.647. The summed E-state index contributed by atoms with van der Waals surface area (Å²) in [4.78, 5) is 0.388. The first-order valence-corrected chi connectivity index (χ1v) is 9.63. The monoisotopic (exact) mass is 309 g/mol. The molecule has 118 valence electrons. The van der Waals surface area contributed by atoms with Gasteiger partial charge >= 0.3 is 0 Å². The average molecular weight is 309 g/mol. The Morgan fingerprint density at radius 2 is 1.67 bits per heavy atom. The second-order valence-electron chi connectivity index (χ2n) is 6.19. The van der Waals surface area contributed by atoms with Gasteiger partial charge < -0.3 is 0 Å². The number of hydrogen-bond donors (Lipinski definition) is 1. The Bertz CT molecular complexity index is 528. The lowest BCUT2D eigenvalue weighted by atomic mass is 9.99. The van der Waals surface area contributed by atoms with Crippen molar-refractivity contribution in [1.29, 1.82) is 0 Å². The minimum Gasteiger partial charge on any atom is -0.208 e. The van der Waals surface area contributed by atoms with Crippen LogP contribution in [0, 0.1) is 0 Å². The summed E-state index contributed by atoms with van der Waals surface area (Å²) in [6, 6.07) is 7.46. The molecule has 0 heterocycles. The first-order chi connectivity index (χ1) is 10.0. The van der Waals surface area contributed by atoms with Crippen molar-refractivity contribution >= 4 is 10.0 Å². The van der Waals surface area contributed by atoms with Crippen molar-refractivity contribution in [2.45, 2.75) is 75.6 Å². The maximum atomic E-state index is 12.5. The van der Waals surface area contributed by atoms with Gasteiger partial charge in [0.15, 0.2) is 0 Å². The van der Waals surface area contributed by atoms with Gasteiger partial charge in [0.05, 0.1) is 4.90 Å². The molecule has 21 heavy (non-hydrogen) atoms. The highest BCUT2D eigenvalue weighted by molar-refractivity contribution is 7.89. The lowest BCUT2D eigenvalue weighted by Crippen LogP contribution is -2.34. The molecular formula is C17H27NO2S. The first-order valence-electron chi connectivity index (χ1n) is 8.15. The van der Waals surface area contributed by atoms with E-state index in [1.807, 2.05) is 12.1 Å². The average Bonchev–Trinajstić information content (AvgIpc) is 2.74. The highest BCUT2D eigenvalue weighted by Gasteiger charge is 2.21. The summed E-state index contributed by atoms with van der Waals surface area (Å²) >= 11 is 0. The van der Waals surface area contributed by atoms with Crippen LogP contribution in [0.25, 0.3) is 0 Å². The van der Waals surface area contributed by atoms with Crippen molar-refractivity contribution in [2.75, 3.05) is 0 Å². The van der Waals surface area contributed by atoms with Crippen LogP contribution in [-0.4, -0.2) is 14.5 Å². The van der Waals surface area contributed by atoms with E-state index in [2.05, 4.69) is 18.6 Å². The smallest absolute Gasteiger partial charge is 0.208 e. The molecule has 1 atom stereocenters. The number of hydrogen-bond acceptors (Lipinski definition) is 2.